The van der Waals surface area contributed by atoms with E-state index in [0.717, 1.165) is 27.9 Å². The molecule has 2 heterocycles. The average Bonchev–Trinajstić information content (AvgIpc) is 2.80. The number of alkyl halides is 1. The second kappa shape index (κ2) is 7.22. The minimum atomic E-state index is -0.239. The fourth-order valence-corrected chi connectivity index (χ4v) is 2.58. The summed E-state index contributed by atoms with van der Waals surface area (Å²) >= 11 is 9.58. The highest BCUT2D eigenvalue weighted by Gasteiger charge is 2.16. The molecule has 0 radical (unpaired) electrons. The topological polar surface area (TPSA) is 59.8 Å². The summed E-state index contributed by atoms with van der Waals surface area (Å²) in [6.07, 6.45) is 3.04. The van der Waals surface area contributed by atoms with Crippen molar-refractivity contribution in [1.82, 2.24) is 19.9 Å². The summed E-state index contributed by atoms with van der Waals surface area (Å²) in [7, 11) is 0. The van der Waals surface area contributed by atoms with E-state index in [0.29, 0.717) is 19.5 Å². The lowest BCUT2D eigenvalue weighted by atomic mass is 10.3. The Kier molecular flexibility index (Phi) is 5.58. The number of amides is 1. The highest BCUT2D eigenvalue weighted by Crippen LogP contribution is 2.25. The SMILES string of the molecule is CCCNC(=O)CCn1c(C(C)Cl)nc2cc(Br)cnc21. The smallest absolute Gasteiger partial charge is 0.221 e. The first-order valence-electron chi connectivity index (χ1n) is 6.95. The Bertz CT molecular complexity index is 641. The lowest BCUT2D eigenvalue weighted by molar-refractivity contribution is -0.121. The van der Waals surface area contributed by atoms with Crippen molar-refractivity contribution in [3.05, 3.63) is 22.6 Å². The van der Waals surface area contributed by atoms with Gasteiger partial charge >= 0.3 is 0 Å². The summed E-state index contributed by atoms with van der Waals surface area (Å²) in [6, 6.07) is 1.90. The Morgan fingerprint density at radius 2 is 2.33 bits per heavy atom. The van der Waals surface area contributed by atoms with Gasteiger partial charge in [0.15, 0.2) is 5.65 Å². The van der Waals surface area contributed by atoms with Crippen molar-refractivity contribution in [3.63, 3.8) is 0 Å². The van der Waals surface area contributed by atoms with E-state index in [1.807, 2.05) is 24.5 Å². The second-order valence-electron chi connectivity index (χ2n) is 4.83. The normalized spacial score (nSPS) is 12.6. The van der Waals surface area contributed by atoms with E-state index in [4.69, 9.17) is 11.6 Å². The van der Waals surface area contributed by atoms with Gasteiger partial charge in [-0.15, -0.1) is 11.6 Å². The molecule has 0 aliphatic carbocycles. The van der Waals surface area contributed by atoms with Crippen LogP contribution in [-0.2, 0) is 11.3 Å². The minimum absolute atomic E-state index is 0.0315. The summed E-state index contributed by atoms with van der Waals surface area (Å²) in [5.41, 5.74) is 1.53. The molecular weight excluding hydrogens is 356 g/mol. The Labute approximate surface area is 137 Å². The van der Waals surface area contributed by atoms with Gasteiger partial charge in [0.05, 0.1) is 5.38 Å². The Balaban J connectivity index is 2.24. The summed E-state index contributed by atoms with van der Waals surface area (Å²) in [5.74, 6) is 0.768. The fraction of sp³-hybridized carbons (Fsp3) is 0.500. The number of aryl methyl sites for hydroxylation is 1. The molecule has 0 aromatic carbocycles. The predicted octanol–water partition coefficient (Wildman–Crippen LogP) is 3.41. The van der Waals surface area contributed by atoms with Gasteiger partial charge in [0.1, 0.15) is 11.3 Å². The minimum Gasteiger partial charge on any atom is -0.356 e. The number of carbonyl (C=O) groups is 1. The molecule has 1 amide bonds. The van der Waals surface area contributed by atoms with Crippen molar-refractivity contribution in [2.24, 2.45) is 0 Å². The van der Waals surface area contributed by atoms with E-state index in [1.54, 1.807) is 6.20 Å². The maximum absolute atomic E-state index is 11.8. The number of imidazole rings is 1. The number of hydrogen-bond acceptors (Lipinski definition) is 3. The van der Waals surface area contributed by atoms with Crippen molar-refractivity contribution in [3.8, 4) is 0 Å². The van der Waals surface area contributed by atoms with Crippen molar-refractivity contribution < 1.29 is 4.79 Å². The number of aromatic nitrogens is 3. The maximum atomic E-state index is 11.8. The summed E-state index contributed by atoms with van der Waals surface area (Å²) < 4.78 is 2.79. The standard InChI is InChI=1S/C14H18BrClN4O/c1-3-5-17-12(21)4-6-20-13(9(2)16)19-11-7-10(15)8-18-14(11)20/h7-9H,3-6H2,1-2H3,(H,17,21). The zero-order valence-corrected chi connectivity index (χ0v) is 14.4. The van der Waals surface area contributed by atoms with E-state index < -0.39 is 0 Å². The number of hydrogen-bond donors (Lipinski definition) is 1. The number of nitrogens with zero attached hydrogens (tertiary/aromatic N) is 3. The molecule has 0 spiro atoms. The van der Waals surface area contributed by atoms with Crippen LogP contribution >= 0.6 is 27.5 Å². The quantitative estimate of drug-likeness (QED) is 0.789. The molecule has 1 atom stereocenters. The van der Waals surface area contributed by atoms with Crippen molar-refractivity contribution in [2.45, 2.75) is 38.6 Å². The zero-order valence-electron chi connectivity index (χ0n) is 12.1. The van der Waals surface area contributed by atoms with Crippen LogP contribution in [0, 0.1) is 0 Å². The highest BCUT2D eigenvalue weighted by molar-refractivity contribution is 9.10. The number of nitrogens with one attached hydrogen (secondary N) is 1. The third-order valence-electron chi connectivity index (χ3n) is 3.07. The number of pyridine rings is 1. The maximum Gasteiger partial charge on any atom is 0.221 e. The van der Waals surface area contributed by atoms with Gasteiger partial charge in [0.2, 0.25) is 5.91 Å². The molecule has 0 aliphatic heterocycles. The molecule has 2 rings (SSSR count). The Morgan fingerprint density at radius 3 is 3.00 bits per heavy atom. The lowest BCUT2D eigenvalue weighted by Crippen LogP contribution is -2.25. The fourth-order valence-electron chi connectivity index (χ4n) is 2.09. The van der Waals surface area contributed by atoms with Gasteiger partial charge < -0.3 is 9.88 Å². The highest BCUT2D eigenvalue weighted by atomic mass is 79.9. The van der Waals surface area contributed by atoms with Gasteiger partial charge in [-0.1, -0.05) is 6.92 Å². The molecule has 0 fully saturated rings. The van der Waals surface area contributed by atoms with Crippen LogP contribution in [0.2, 0.25) is 0 Å². The largest absolute Gasteiger partial charge is 0.356 e. The molecule has 114 valence electrons. The number of fused-ring (bicyclic) bond motifs is 1. The predicted molar refractivity (Wildman–Crippen MR) is 87.4 cm³/mol. The van der Waals surface area contributed by atoms with E-state index >= 15 is 0 Å². The Morgan fingerprint density at radius 1 is 1.57 bits per heavy atom. The second-order valence-corrected chi connectivity index (χ2v) is 6.40. The number of carbonyl (C=O) groups excluding carboxylic acids is 1. The van der Waals surface area contributed by atoms with E-state index in [1.165, 1.54) is 0 Å². The zero-order chi connectivity index (χ0) is 15.4. The van der Waals surface area contributed by atoms with Gasteiger partial charge in [-0.3, -0.25) is 4.79 Å². The molecular formula is C14H18BrClN4O. The molecule has 1 unspecified atom stereocenters. The molecule has 0 bridgehead atoms. The third-order valence-corrected chi connectivity index (χ3v) is 3.70. The molecule has 2 aromatic heterocycles. The average molecular weight is 374 g/mol. The van der Waals surface area contributed by atoms with E-state index in [2.05, 4.69) is 31.2 Å². The summed E-state index contributed by atoms with van der Waals surface area (Å²) in [6.45, 7) is 5.12. The number of rotatable bonds is 6. The first kappa shape index (κ1) is 16.2. The third kappa shape index (κ3) is 3.95. The summed E-state index contributed by atoms with van der Waals surface area (Å²) in [5, 5.41) is 2.63. The van der Waals surface area contributed by atoms with Crippen molar-refractivity contribution in [1.29, 1.82) is 0 Å². The first-order chi connectivity index (χ1) is 10.0. The molecule has 1 N–H and O–H groups in total. The van der Waals surface area contributed by atoms with Gasteiger partial charge in [-0.05, 0) is 35.3 Å². The van der Waals surface area contributed by atoms with Crippen LogP contribution in [-0.4, -0.2) is 27.0 Å². The van der Waals surface area contributed by atoms with Crippen LogP contribution in [0.5, 0.6) is 0 Å². The monoisotopic (exact) mass is 372 g/mol. The van der Waals surface area contributed by atoms with Crippen molar-refractivity contribution in [2.75, 3.05) is 6.54 Å². The Hall–Kier alpha value is -1.14. The van der Waals surface area contributed by atoms with Gasteiger partial charge in [0, 0.05) is 30.2 Å². The molecule has 2 aromatic rings. The van der Waals surface area contributed by atoms with Crippen LogP contribution in [0.1, 0.15) is 37.9 Å². The lowest BCUT2D eigenvalue weighted by Gasteiger charge is -2.10. The van der Waals surface area contributed by atoms with Crippen LogP contribution in [0.25, 0.3) is 11.2 Å². The van der Waals surface area contributed by atoms with Crippen LogP contribution in [0.3, 0.4) is 0 Å². The molecule has 21 heavy (non-hydrogen) atoms. The van der Waals surface area contributed by atoms with Gasteiger partial charge in [-0.2, -0.15) is 0 Å². The van der Waals surface area contributed by atoms with Crippen LogP contribution in [0.15, 0.2) is 16.7 Å². The van der Waals surface area contributed by atoms with Crippen LogP contribution in [0.4, 0.5) is 0 Å². The number of halogens is 2. The van der Waals surface area contributed by atoms with Gasteiger partial charge in [-0.25, -0.2) is 9.97 Å². The molecule has 7 heteroatoms. The van der Waals surface area contributed by atoms with E-state index in [-0.39, 0.29) is 11.3 Å². The van der Waals surface area contributed by atoms with Crippen LogP contribution < -0.4 is 5.32 Å². The summed E-state index contributed by atoms with van der Waals surface area (Å²) in [4.78, 5) is 20.7. The first-order valence-corrected chi connectivity index (χ1v) is 8.18. The molecule has 0 saturated carbocycles. The molecule has 0 aliphatic rings. The van der Waals surface area contributed by atoms with Gasteiger partial charge in [0.25, 0.3) is 0 Å². The molecule has 0 saturated heterocycles. The molecule has 5 nitrogen and oxygen atoms in total. The van der Waals surface area contributed by atoms with E-state index in [9.17, 15) is 4.79 Å². The van der Waals surface area contributed by atoms with Crippen molar-refractivity contribution >= 4 is 44.6 Å².